The molecule has 1 saturated heterocycles. The van der Waals surface area contributed by atoms with Gasteiger partial charge in [0, 0.05) is 33.8 Å². The first-order valence-electron chi connectivity index (χ1n) is 17.3. The Morgan fingerprint density at radius 1 is 1.13 bits per heavy atom. The first kappa shape index (κ1) is 37.3. The number of halogens is 1. The van der Waals surface area contributed by atoms with Crippen molar-refractivity contribution in [2.45, 2.75) is 89.3 Å². The molecule has 278 valence electrons. The van der Waals surface area contributed by atoms with Crippen molar-refractivity contribution < 1.29 is 32.3 Å². The maximum absolute atomic E-state index is 14.7. The van der Waals surface area contributed by atoms with Gasteiger partial charge >= 0.3 is 0 Å². The van der Waals surface area contributed by atoms with Gasteiger partial charge in [0.05, 0.1) is 25.1 Å². The number of anilines is 1. The Morgan fingerprint density at radius 3 is 2.48 bits per heavy atom. The zero-order valence-electron chi connectivity index (χ0n) is 30.2. The second-order valence-electron chi connectivity index (χ2n) is 15.1. The lowest BCUT2D eigenvalue weighted by Gasteiger charge is -2.36. The molecular weight excluding hydrogens is 708 g/mol. The molecule has 2 saturated carbocycles. The second kappa shape index (κ2) is 13.8. The molecule has 0 radical (unpaired) electrons. The van der Waals surface area contributed by atoms with Crippen LogP contribution in [0.5, 0.6) is 11.6 Å². The van der Waals surface area contributed by atoms with Crippen LogP contribution in [0.1, 0.15) is 57.7 Å². The number of amides is 3. The van der Waals surface area contributed by atoms with Gasteiger partial charge in [-0.2, -0.15) is 0 Å². The largest absolute Gasteiger partial charge is 0.494 e. The number of nitrogens with zero attached hydrogens (tertiary/aromatic N) is 3. The molecule has 0 spiro atoms. The lowest BCUT2D eigenvalue weighted by atomic mass is 9.85. The van der Waals surface area contributed by atoms with E-state index in [1.165, 1.54) is 24.3 Å². The minimum Gasteiger partial charge on any atom is -0.494 e. The van der Waals surface area contributed by atoms with E-state index >= 15 is 0 Å². The maximum Gasteiger partial charge on any atom is 0.259 e. The van der Waals surface area contributed by atoms with E-state index in [1.54, 1.807) is 18.2 Å². The number of aromatic nitrogens is 2. The van der Waals surface area contributed by atoms with E-state index in [0.29, 0.717) is 40.2 Å². The zero-order chi connectivity index (χ0) is 37.7. The van der Waals surface area contributed by atoms with Gasteiger partial charge in [0.1, 0.15) is 35.3 Å². The molecule has 52 heavy (non-hydrogen) atoms. The molecule has 3 aliphatic rings. The number of hydrogen-bond donors (Lipinski definition) is 3. The third kappa shape index (κ3) is 7.54. The smallest absolute Gasteiger partial charge is 0.259 e. The van der Waals surface area contributed by atoms with Gasteiger partial charge in [-0.25, -0.2) is 18.4 Å². The molecular formula is C37H45ClN6O7S. The first-order valence-corrected chi connectivity index (χ1v) is 19.2. The summed E-state index contributed by atoms with van der Waals surface area (Å²) in [7, 11) is -2.35. The van der Waals surface area contributed by atoms with Crippen LogP contribution in [0.3, 0.4) is 0 Å². The lowest BCUT2D eigenvalue weighted by Crippen LogP contribution is -2.58. The summed E-state index contributed by atoms with van der Waals surface area (Å²) < 4.78 is 39.5. The maximum atomic E-state index is 14.7. The van der Waals surface area contributed by atoms with Gasteiger partial charge in [-0.1, -0.05) is 38.4 Å². The Balaban J connectivity index is 1.33. The van der Waals surface area contributed by atoms with Gasteiger partial charge < -0.3 is 25.0 Å². The summed E-state index contributed by atoms with van der Waals surface area (Å²) in [5, 5.41) is 7.30. The number of sulfonamides is 1. The van der Waals surface area contributed by atoms with Crippen LogP contribution in [0, 0.1) is 25.2 Å². The Labute approximate surface area is 308 Å². The molecule has 2 aromatic heterocycles. The third-order valence-corrected chi connectivity index (χ3v) is 11.9. The fourth-order valence-electron chi connectivity index (χ4n) is 6.85. The number of carbonyl (C=O) groups excluding carboxylic acids is 3. The van der Waals surface area contributed by atoms with Crippen molar-refractivity contribution in [3.8, 4) is 11.6 Å². The average molecular weight is 753 g/mol. The number of nitrogens with one attached hydrogen (secondary N) is 3. The number of hydrogen-bond acceptors (Lipinski definition) is 10. The van der Waals surface area contributed by atoms with Gasteiger partial charge in [-0.05, 0) is 74.4 Å². The minimum atomic E-state index is -3.88. The summed E-state index contributed by atoms with van der Waals surface area (Å²) in [6, 6.07) is 7.12. The van der Waals surface area contributed by atoms with Gasteiger partial charge in [-0.15, -0.1) is 6.58 Å². The second-order valence-corrected chi connectivity index (χ2v) is 17.5. The van der Waals surface area contributed by atoms with Crippen LogP contribution >= 0.6 is 11.6 Å². The Bertz CT molecular complexity index is 2030. The first-order chi connectivity index (χ1) is 24.4. The highest BCUT2D eigenvalue weighted by atomic mass is 35.5. The summed E-state index contributed by atoms with van der Waals surface area (Å²) in [4.78, 5) is 53.1. The van der Waals surface area contributed by atoms with Crippen molar-refractivity contribution in [3.63, 3.8) is 0 Å². The third-order valence-electron chi connectivity index (χ3n) is 9.87. The fourth-order valence-corrected chi connectivity index (χ4v) is 8.39. The van der Waals surface area contributed by atoms with E-state index in [9.17, 15) is 22.8 Å². The Hall–Kier alpha value is -4.43. The quantitative estimate of drug-likeness (QED) is 0.225. The van der Waals surface area contributed by atoms with E-state index in [0.717, 1.165) is 11.3 Å². The predicted molar refractivity (Wildman–Crippen MR) is 198 cm³/mol. The fraction of sp³-hybridized carbons (Fsp3) is 0.486. The van der Waals surface area contributed by atoms with Crippen molar-refractivity contribution in [3.05, 3.63) is 65.5 Å². The monoisotopic (exact) mass is 752 g/mol. The molecule has 5 atom stereocenters. The molecule has 1 aromatic carbocycles. The van der Waals surface area contributed by atoms with Crippen LogP contribution in [0.2, 0.25) is 5.02 Å². The number of fused-ring (bicyclic) bond motifs is 1. The predicted octanol–water partition coefficient (Wildman–Crippen LogP) is 4.45. The van der Waals surface area contributed by atoms with Crippen molar-refractivity contribution in [1.82, 2.24) is 24.9 Å². The zero-order valence-corrected chi connectivity index (χ0v) is 31.7. The standard InChI is InChI=1S/C37H45ClN6O7S/c1-8-22-17-37(22,35(47)43-52(48,49)25-10-11-25)42-32(45)28-16-24(51-33-27-15-23(38)9-12-26(27)29(50-7)18-39-33)19-44(28)34(46)31(36(4,5)6)41-30-14-20(2)13-21(3)40-30/h8-9,12-15,18,22,24-25,28,31H,1,10-11,16-17,19H2,2-7H3,(H,40,41)(H,42,45)(H,43,47)/t22-,24-,28+,31-,37-/m1/s1. The van der Waals surface area contributed by atoms with Crippen LogP contribution < -0.4 is 24.8 Å². The molecule has 6 rings (SSSR count). The summed E-state index contributed by atoms with van der Waals surface area (Å²) in [5.74, 6) is -1.02. The van der Waals surface area contributed by atoms with Gasteiger partial charge in [0.15, 0.2) is 0 Å². The summed E-state index contributed by atoms with van der Waals surface area (Å²) in [5.41, 5.74) is -0.412. The lowest BCUT2D eigenvalue weighted by molar-refractivity contribution is -0.141. The molecule has 1 aliphatic heterocycles. The van der Waals surface area contributed by atoms with Crippen LogP contribution in [-0.2, 0) is 24.4 Å². The number of benzene rings is 1. The van der Waals surface area contributed by atoms with Gasteiger partial charge in [0.2, 0.25) is 27.7 Å². The van der Waals surface area contributed by atoms with Crippen molar-refractivity contribution in [2.75, 3.05) is 19.0 Å². The molecule has 3 heterocycles. The topological polar surface area (TPSA) is 169 Å². The highest BCUT2D eigenvalue weighted by molar-refractivity contribution is 7.91. The summed E-state index contributed by atoms with van der Waals surface area (Å²) in [6.07, 6.45) is 3.53. The molecule has 3 fully saturated rings. The molecule has 3 aromatic rings. The minimum absolute atomic E-state index is 0.0152. The molecule has 2 aliphatic carbocycles. The summed E-state index contributed by atoms with van der Waals surface area (Å²) in [6.45, 7) is 13.4. The number of aryl methyl sites for hydroxylation is 2. The Morgan fingerprint density at radius 2 is 1.87 bits per heavy atom. The molecule has 3 N–H and O–H groups in total. The number of rotatable bonds is 12. The Kier molecular flexibility index (Phi) is 9.94. The van der Waals surface area contributed by atoms with E-state index in [4.69, 9.17) is 21.1 Å². The van der Waals surface area contributed by atoms with Crippen molar-refractivity contribution >= 4 is 55.9 Å². The van der Waals surface area contributed by atoms with Crippen LogP contribution in [0.25, 0.3) is 10.8 Å². The van der Waals surface area contributed by atoms with Crippen LogP contribution in [-0.4, -0.2) is 83.6 Å². The highest BCUT2D eigenvalue weighted by Gasteiger charge is 2.62. The number of carbonyl (C=O) groups is 3. The van der Waals surface area contributed by atoms with E-state index in [1.807, 2.05) is 46.8 Å². The highest BCUT2D eigenvalue weighted by Crippen LogP contribution is 2.46. The number of pyridine rings is 2. The van der Waals surface area contributed by atoms with Crippen molar-refractivity contribution in [2.24, 2.45) is 11.3 Å². The number of likely N-dealkylation sites (tertiary alicyclic amines) is 1. The molecule has 0 unspecified atom stereocenters. The van der Waals surface area contributed by atoms with Gasteiger partial charge in [-0.3, -0.25) is 19.1 Å². The number of methoxy groups -OCH3 is 1. The molecule has 13 nitrogen and oxygen atoms in total. The van der Waals surface area contributed by atoms with Crippen LogP contribution in [0.15, 0.2) is 49.2 Å². The van der Waals surface area contributed by atoms with E-state index in [2.05, 4.69) is 31.9 Å². The SMILES string of the molecule is C=C[C@@H]1C[C@]1(NC(=O)[C@@H]1C[C@@H](Oc2ncc(OC)c3ccc(Cl)cc23)CN1C(=O)[C@@H](Nc1cc(C)cc(C)n1)C(C)(C)C)C(=O)NS(=O)(=O)C1CC1. The average Bonchev–Trinajstić information content (AvgIpc) is 3.99. The van der Waals surface area contributed by atoms with E-state index < -0.39 is 62.1 Å². The normalized spacial score (nSPS) is 23.4. The molecule has 3 amide bonds. The van der Waals surface area contributed by atoms with Gasteiger partial charge in [0.25, 0.3) is 5.91 Å². The summed E-state index contributed by atoms with van der Waals surface area (Å²) >= 11 is 6.35. The molecule has 0 bridgehead atoms. The van der Waals surface area contributed by atoms with Crippen LogP contribution in [0.4, 0.5) is 5.82 Å². The molecule has 15 heteroatoms. The number of ether oxygens (including phenoxy) is 2. The van der Waals surface area contributed by atoms with Crippen molar-refractivity contribution in [1.29, 1.82) is 0 Å². The van der Waals surface area contributed by atoms with E-state index in [-0.39, 0.29) is 31.2 Å².